The highest BCUT2D eigenvalue weighted by molar-refractivity contribution is 7.47. The molecule has 8 nitrogen and oxygen atoms in total. The Morgan fingerprint density at radius 2 is 0.685 bits per heavy atom. The average molecular weight is 1250 g/mol. The molecule has 0 saturated heterocycles. The Morgan fingerprint density at radius 3 is 1.03 bits per heavy atom. The van der Waals surface area contributed by atoms with Crippen molar-refractivity contribution in [1.82, 2.24) is 5.32 Å². The van der Waals surface area contributed by atoms with Crippen LogP contribution >= 0.6 is 7.82 Å². The number of phosphoric ester groups is 1. The van der Waals surface area contributed by atoms with Crippen molar-refractivity contribution >= 4 is 13.7 Å². The monoisotopic (exact) mass is 1250 g/mol. The second-order valence-electron chi connectivity index (χ2n) is 24.5. The molecule has 0 aromatic carbocycles. The number of carbonyl (C=O) groups excluding carboxylic acids is 1. The second kappa shape index (κ2) is 68.0. The number of amides is 1. The van der Waals surface area contributed by atoms with E-state index < -0.39 is 20.0 Å². The maximum atomic E-state index is 13.0. The number of likely N-dealkylation sites (N-methyl/N-ethyl adjacent to an activating group) is 1. The Hall–Kier alpha value is -4.40. The van der Waals surface area contributed by atoms with Gasteiger partial charge < -0.3 is 19.8 Å². The molecule has 0 aliphatic heterocycles. The topological polar surface area (TPSA) is 105 Å². The molecule has 0 saturated carbocycles. The van der Waals surface area contributed by atoms with E-state index in [0.717, 1.165) is 116 Å². The van der Waals surface area contributed by atoms with E-state index in [-0.39, 0.29) is 25.5 Å². The largest absolute Gasteiger partial charge is 0.472 e. The molecule has 1 amide bonds. The lowest BCUT2D eigenvalue weighted by molar-refractivity contribution is -0.870. The first-order valence-electron chi connectivity index (χ1n) is 35.7. The number of hydrogen-bond donors (Lipinski definition) is 3. The molecule has 0 spiro atoms. The van der Waals surface area contributed by atoms with Crippen LogP contribution in [0.25, 0.3) is 0 Å². The number of unbranched alkanes of at least 4 members (excludes halogenated alkanes) is 22. The third kappa shape index (κ3) is 70.9. The van der Waals surface area contributed by atoms with Crippen LogP contribution in [0.5, 0.6) is 0 Å². The van der Waals surface area contributed by atoms with E-state index in [9.17, 15) is 19.4 Å². The van der Waals surface area contributed by atoms with Gasteiger partial charge in [0.2, 0.25) is 5.91 Å². The number of hydrogen-bond acceptors (Lipinski definition) is 5. The van der Waals surface area contributed by atoms with Crippen LogP contribution in [0.4, 0.5) is 0 Å². The molecule has 504 valence electrons. The average Bonchev–Trinajstić information content (AvgIpc) is 3.55. The van der Waals surface area contributed by atoms with Crippen LogP contribution in [0.3, 0.4) is 0 Å². The smallest absolute Gasteiger partial charge is 0.387 e. The molecule has 0 fully saturated rings. The van der Waals surface area contributed by atoms with Crippen LogP contribution < -0.4 is 5.32 Å². The lowest BCUT2D eigenvalue weighted by Crippen LogP contribution is -2.45. The van der Waals surface area contributed by atoms with Crippen molar-refractivity contribution in [3.05, 3.63) is 182 Å². The Kier molecular flexibility index (Phi) is 64.6. The SMILES string of the molecule is CC/C=C\C/C=C\C/C=C\C/C=C\C/C=C\C/C=C\C/C=C\C/C=C\C/C=C\C/C=C\C/C=C\C/C=C\CCCCC(=O)NC(COP(=O)(O)OCC[N+](C)(C)C)C(O)/C=C/CC/C=C/CC/C=C/CCCCCCCCCCCCCCCCCCCC. The molecular weight excluding hydrogens is 1120 g/mol. The first-order chi connectivity index (χ1) is 43.5. The summed E-state index contributed by atoms with van der Waals surface area (Å²) < 4.78 is 23.7. The van der Waals surface area contributed by atoms with Gasteiger partial charge in [0.1, 0.15) is 13.2 Å². The van der Waals surface area contributed by atoms with E-state index in [1.165, 1.54) is 122 Å². The number of quaternary nitrogens is 1. The van der Waals surface area contributed by atoms with Crippen LogP contribution in [0, 0.1) is 0 Å². The fourth-order valence-electron chi connectivity index (χ4n) is 9.35. The molecule has 0 rings (SSSR count). The fraction of sp³-hybridized carbons (Fsp3) is 0.613. The standard InChI is InChI=1S/C80H133N2O6P/c1-6-8-10-12-14-16-18-20-22-24-26-28-30-32-34-36-37-38-39-40-41-42-43-44-45-46-48-50-52-54-56-58-60-62-64-66-68-70-72-74-80(84)81-78(77-88-89(85,86)87-76-75-82(3,4)5)79(83)73-71-69-67-65-63-61-59-57-55-53-51-49-47-35-33-31-29-27-25-23-21-19-17-15-13-11-9-7-2/h8,10,14,16,20,22,26,28,32,34,37-38,40-41,43-44,46,48,52,54-55,57-58,60,63-66,71,73,78-79,83H,6-7,9,11-13,15,17-19,21,23-25,27,29-31,33,35-36,39,42,45,47,49-51,53,56,59,61-62,67-70,72,74-77H2,1-5H3,(H-,81,84,85,86)/p+1/b10-8-,16-14-,22-20-,28-26-,34-32-,38-37-,41-40-,44-43-,48-46-,54-52-,57-55+,60-58-,65-63+,66-64-,73-71+. The van der Waals surface area contributed by atoms with E-state index in [2.05, 4.69) is 189 Å². The van der Waals surface area contributed by atoms with Gasteiger partial charge in [-0.25, -0.2) is 4.57 Å². The van der Waals surface area contributed by atoms with Gasteiger partial charge in [-0.3, -0.25) is 13.8 Å². The molecule has 3 unspecified atom stereocenters. The van der Waals surface area contributed by atoms with Gasteiger partial charge >= 0.3 is 7.82 Å². The number of rotatable bonds is 63. The minimum atomic E-state index is -4.39. The summed E-state index contributed by atoms with van der Waals surface area (Å²) in [6, 6.07) is -0.910. The summed E-state index contributed by atoms with van der Waals surface area (Å²) in [5, 5.41) is 13.9. The summed E-state index contributed by atoms with van der Waals surface area (Å²) in [6.07, 6.45) is 109. The van der Waals surface area contributed by atoms with Gasteiger partial charge in [-0.2, -0.15) is 0 Å². The number of aliphatic hydroxyl groups is 1. The number of allylic oxidation sites excluding steroid dienone is 29. The van der Waals surface area contributed by atoms with Gasteiger partial charge in [-0.15, -0.1) is 0 Å². The van der Waals surface area contributed by atoms with Crippen molar-refractivity contribution in [1.29, 1.82) is 0 Å². The molecule has 3 atom stereocenters. The summed E-state index contributed by atoms with van der Waals surface area (Å²) in [6.45, 7) is 4.64. The first-order valence-corrected chi connectivity index (χ1v) is 37.2. The summed E-state index contributed by atoms with van der Waals surface area (Å²) in [5.41, 5.74) is 0. The Bertz CT molecular complexity index is 2110. The molecule has 3 N–H and O–H groups in total. The van der Waals surface area contributed by atoms with E-state index in [4.69, 9.17) is 9.05 Å². The summed E-state index contributed by atoms with van der Waals surface area (Å²) in [7, 11) is 1.49. The summed E-state index contributed by atoms with van der Waals surface area (Å²) in [5.74, 6) is -0.239. The lowest BCUT2D eigenvalue weighted by Gasteiger charge is -2.25. The molecule has 0 heterocycles. The zero-order chi connectivity index (χ0) is 64.8. The number of phosphoric acid groups is 1. The number of aliphatic hydroxyl groups excluding tert-OH is 1. The maximum Gasteiger partial charge on any atom is 0.472 e. The van der Waals surface area contributed by atoms with Crippen LogP contribution in [0.15, 0.2) is 182 Å². The van der Waals surface area contributed by atoms with Gasteiger partial charge in [0, 0.05) is 6.42 Å². The normalized spacial score (nSPS) is 14.7. The van der Waals surface area contributed by atoms with Crippen LogP contribution in [0.2, 0.25) is 0 Å². The van der Waals surface area contributed by atoms with Crippen LogP contribution in [-0.2, 0) is 18.4 Å². The van der Waals surface area contributed by atoms with E-state index in [1.807, 2.05) is 27.2 Å². The number of nitrogens with one attached hydrogen (secondary N) is 1. The van der Waals surface area contributed by atoms with Gasteiger partial charge in [-0.1, -0.05) is 305 Å². The molecule has 0 bridgehead atoms. The molecule has 0 aromatic heterocycles. The van der Waals surface area contributed by atoms with Crippen molar-refractivity contribution in [2.24, 2.45) is 0 Å². The van der Waals surface area contributed by atoms with Crippen molar-refractivity contribution in [2.45, 2.75) is 276 Å². The highest BCUT2D eigenvalue weighted by atomic mass is 31.2. The Balaban J connectivity index is 4.30. The fourth-order valence-corrected chi connectivity index (χ4v) is 10.1. The van der Waals surface area contributed by atoms with E-state index in [1.54, 1.807) is 6.08 Å². The zero-order valence-electron chi connectivity index (χ0n) is 57.6. The molecule has 0 aromatic rings. The van der Waals surface area contributed by atoms with E-state index in [0.29, 0.717) is 17.4 Å². The Labute approximate surface area is 548 Å². The van der Waals surface area contributed by atoms with Crippen molar-refractivity contribution in [3.8, 4) is 0 Å². The quantitative estimate of drug-likeness (QED) is 0.0243. The first kappa shape index (κ1) is 84.6. The van der Waals surface area contributed by atoms with Crippen molar-refractivity contribution < 1.29 is 32.9 Å². The third-order valence-corrected chi connectivity index (χ3v) is 15.8. The van der Waals surface area contributed by atoms with Gasteiger partial charge in [0.15, 0.2) is 0 Å². The van der Waals surface area contributed by atoms with Gasteiger partial charge in [0.05, 0.1) is 39.9 Å². The molecular formula is C80H134N2O6P+. The third-order valence-electron chi connectivity index (χ3n) is 14.8. The molecule has 89 heavy (non-hydrogen) atoms. The van der Waals surface area contributed by atoms with Crippen molar-refractivity contribution in [3.63, 3.8) is 0 Å². The van der Waals surface area contributed by atoms with Gasteiger partial charge in [0.25, 0.3) is 0 Å². The number of carbonyl (C=O) groups is 1. The molecule has 0 aliphatic rings. The van der Waals surface area contributed by atoms with E-state index >= 15 is 0 Å². The Morgan fingerprint density at radius 1 is 0.393 bits per heavy atom. The van der Waals surface area contributed by atoms with Crippen LogP contribution in [0.1, 0.15) is 264 Å². The predicted molar refractivity (Wildman–Crippen MR) is 391 cm³/mol. The minimum absolute atomic E-state index is 0.0348. The second-order valence-corrected chi connectivity index (χ2v) is 26.0. The predicted octanol–water partition coefficient (Wildman–Crippen LogP) is 23.3. The maximum absolute atomic E-state index is 13.0. The van der Waals surface area contributed by atoms with Gasteiger partial charge in [-0.05, 0) is 135 Å². The van der Waals surface area contributed by atoms with Crippen molar-refractivity contribution in [2.75, 3.05) is 40.9 Å². The molecule has 9 heteroatoms. The molecule has 0 radical (unpaired) electrons. The highest BCUT2D eigenvalue weighted by Crippen LogP contribution is 2.43. The molecule has 0 aliphatic carbocycles. The summed E-state index contributed by atoms with van der Waals surface area (Å²) in [4.78, 5) is 23.4. The summed E-state index contributed by atoms with van der Waals surface area (Å²) >= 11 is 0. The minimum Gasteiger partial charge on any atom is -0.387 e. The lowest BCUT2D eigenvalue weighted by atomic mass is 10.0. The number of nitrogens with zero attached hydrogens (tertiary/aromatic N) is 1. The van der Waals surface area contributed by atoms with Crippen LogP contribution in [-0.4, -0.2) is 73.4 Å². The highest BCUT2D eigenvalue weighted by Gasteiger charge is 2.27. The zero-order valence-corrected chi connectivity index (χ0v) is 58.5.